The molecule has 0 saturated heterocycles. The Morgan fingerprint density at radius 2 is 1.34 bits per heavy atom. The third-order valence-corrected chi connectivity index (χ3v) is 5.64. The lowest BCUT2D eigenvalue weighted by atomic mass is 10.0. The molecule has 2 atom stereocenters. The average Bonchev–Trinajstić information content (AvgIpc) is 2.77. The lowest BCUT2D eigenvalue weighted by molar-refractivity contribution is -0.139. The predicted molar refractivity (Wildman–Crippen MR) is 132 cm³/mol. The molecule has 0 aliphatic rings. The number of nitrogens with two attached hydrogens (primary N) is 1. The van der Waals surface area contributed by atoms with E-state index in [0.29, 0.717) is 13.0 Å². The monoisotopic (exact) mass is 456 g/mol. The van der Waals surface area contributed by atoms with Crippen molar-refractivity contribution in [3.63, 3.8) is 0 Å². The Balaban J connectivity index is 0. The number of unbranched alkanes of at least 4 members (excludes halogenated alkanes) is 13. The first-order valence-corrected chi connectivity index (χ1v) is 12.9. The molecule has 32 heavy (non-hydrogen) atoms. The second-order valence-corrected chi connectivity index (χ2v) is 9.19. The largest absolute Gasteiger partial charge is 0.480 e. The number of hydrogen-bond donors (Lipinski definition) is 3. The molecule has 0 fully saturated rings. The van der Waals surface area contributed by atoms with E-state index in [-0.39, 0.29) is 18.4 Å². The van der Waals surface area contributed by atoms with E-state index in [1.165, 1.54) is 83.5 Å². The van der Waals surface area contributed by atoms with Crippen LogP contribution in [0.3, 0.4) is 0 Å². The summed E-state index contributed by atoms with van der Waals surface area (Å²) < 4.78 is 5.54. The molecule has 0 rings (SSSR count). The molecule has 190 valence electrons. The van der Waals surface area contributed by atoms with Crippen molar-refractivity contribution in [1.82, 2.24) is 0 Å². The van der Waals surface area contributed by atoms with E-state index < -0.39 is 12.0 Å². The molecule has 0 aliphatic heterocycles. The molecule has 0 aromatic rings. The molecule has 0 heterocycles. The number of carbonyl (C=O) groups is 1. The highest BCUT2D eigenvalue weighted by atomic mass is 16.5. The summed E-state index contributed by atoms with van der Waals surface area (Å²) in [5, 5.41) is 25.9. The van der Waals surface area contributed by atoms with E-state index in [2.05, 4.69) is 13.0 Å². The van der Waals surface area contributed by atoms with Crippen LogP contribution in [0.2, 0.25) is 0 Å². The second kappa shape index (κ2) is 26.1. The highest BCUT2D eigenvalue weighted by molar-refractivity contribution is 5.73. The van der Waals surface area contributed by atoms with Gasteiger partial charge in [-0.15, -0.1) is 0 Å². The van der Waals surface area contributed by atoms with E-state index in [1.54, 1.807) is 13.8 Å². The third kappa shape index (κ3) is 25.1. The van der Waals surface area contributed by atoms with Gasteiger partial charge < -0.3 is 20.7 Å². The van der Waals surface area contributed by atoms with Crippen LogP contribution in [0.1, 0.15) is 117 Å². The van der Waals surface area contributed by atoms with Gasteiger partial charge in [-0.2, -0.15) is 5.26 Å². The highest BCUT2D eigenvalue weighted by Gasteiger charge is 2.14. The Labute approximate surface area is 197 Å². The molecule has 0 bridgehead atoms. The van der Waals surface area contributed by atoms with Crippen LogP contribution in [0, 0.1) is 23.2 Å². The quantitative estimate of drug-likeness (QED) is 0.181. The van der Waals surface area contributed by atoms with E-state index in [9.17, 15) is 4.79 Å². The molecule has 0 saturated carbocycles. The molecule has 0 aromatic carbocycles. The fraction of sp³-hybridized carbons (Fsp3) is 0.923. The average molecular weight is 457 g/mol. The van der Waals surface area contributed by atoms with Crippen molar-refractivity contribution in [3.8, 4) is 6.07 Å². The summed E-state index contributed by atoms with van der Waals surface area (Å²) in [6.07, 6.45) is 19.5. The topological polar surface area (TPSA) is 117 Å². The molecule has 0 aromatic heterocycles. The van der Waals surface area contributed by atoms with Gasteiger partial charge in [0.05, 0.1) is 12.7 Å². The normalized spacial score (nSPS) is 12.7. The van der Waals surface area contributed by atoms with Crippen molar-refractivity contribution >= 4 is 5.97 Å². The van der Waals surface area contributed by atoms with Crippen molar-refractivity contribution in [2.45, 2.75) is 123 Å². The van der Waals surface area contributed by atoms with E-state index in [4.69, 9.17) is 25.9 Å². The zero-order chi connectivity index (χ0) is 24.5. The van der Waals surface area contributed by atoms with Gasteiger partial charge in [-0.05, 0) is 12.3 Å². The van der Waals surface area contributed by atoms with Gasteiger partial charge in [0.1, 0.15) is 6.04 Å². The summed E-state index contributed by atoms with van der Waals surface area (Å²) in [5.74, 6) is -0.922. The van der Waals surface area contributed by atoms with Crippen molar-refractivity contribution in [2.24, 2.45) is 17.6 Å². The Bertz CT molecular complexity index is 438. The van der Waals surface area contributed by atoms with Crippen molar-refractivity contribution in [1.29, 1.82) is 5.26 Å². The first-order valence-electron chi connectivity index (χ1n) is 12.9. The minimum Gasteiger partial charge on any atom is -0.480 e. The van der Waals surface area contributed by atoms with Crippen LogP contribution in [-0.2, 0) is 9.53 Å². The zero-order valence-electron chi connectivity index (χ0n) is 21.2. The van der Waals surface area contributed by atoms with Crippen LogP contribution in [0.4, 0.5) is 0 Å². The van der Waals surface area contributed by atoms with Crippen molar-refractivity contribution in [3.05, 3.63) is 0 Å². The maximum atomic E-state index is 10.0. The number of carboxylic acid groups (broad SMARTS) is 1. The number of hydrogen-bond acceptors (Lipinski definition) is 5. The molecule has 1 unspecified atom stereocenters. The van der Waals surface area contributed by atoms with Gasteiger partial charge in [0.15, 0.2) is 0 Å². The summed E-state index contributed by atoms with van der Waals surface area (Å²) in [4.78, 5) is 10.0. The summed E-state index contributed by atoms with van der Waals surface area (Å²) in [5.41, 5.74) is 5.16. The number of nitrogens with zero attached hydrogens (tertiary/aromatic N) is 1. The van der Waals surface area contributed by atoms with Gasteiger partial charge >= 0.3 is 5.97 Å². The Kier molecular flexibility index (Phi) is 26.9. The molecular formula is C26H52N2O4. The standard InChI is InChI=1S/C21H41NO2.C5H11NO2/c1-2-3-4-5-6-7-8-9-10-11-12-13-14-15-18-24-20-21(19-23)16-17-22;1-3(2)4(6)5(7)8/h21,23H,2-16,18-20H2,1H3;3-4H,6H2,1-2H3,(H,7,8)/t;4-/m.0/s1. The molecule has 6 nitrogen and oxygen atoms in total. The van der Waals surface area contributed by atoms with Crippen molar-refractivity contribution < 1.29 is 19.7 Å². The molecule has 0 radical (unpaired) electrons. The number of aliphatic hydroxyl groups excluding tert-OH is 1. The highest BCUT2D eigenvalue weighted by Crippen LogP contribution is 2.13. The van der Waals surface area contributed by atoms with E-state index in [0.717, 1.165) is 13.0 Å². The molecule has 0 aliphatic carbocycles. The first-order chi connectivity index (χ1) is 15.4. The fourth-order valence-corrected chi connectivity index (χ4v) is 3.24. The first kappa shape index (κ1) is 33.0. The van der Waals surface area contributed by atoms with Crippen LogP contribution in [-0.4, -0.2) is 42.0 Å². The van der Waals surface area contributed by atoms with Crippen LogP contribution in [0.5, 0.6) is 0 Å². The number of ether oxygens (including phenoxy) is 1. The molecule has 4 N–H and O–H groups in total. The Hall–Kier alpha value is -1.16. The summed E-state index contributed by atoms with van der Waals surface area (Å²) in [6.45, 7) is 7.16. The predicted octanol–water partition coefficient (Wildman–Crippen LogP) is 6.06. The third-order valence-electron chi connectivity index (χ3n) is 5.64. The van der Waals surface area contributed by atoms with E-state index >= 15 is 0 Å². The number of aliphatic carboxylic acids is 1. The van der Waals surface area contributed by atoms with Gasteiger partial charge in [-0.1, -0.05) is 104 Å². The number of rotatable bonds is 21. The van der Waals surface area contributed by atoms with Crippen LogP contribution in [0.15, 0.2) is 0 Å². The maximum absolute atomic E-state index is 10.0. The minimum atomic E-state index is -0.931. The van der Waals surface area contributed by atoms with Crippen LogP contribution < -0.4 is 5.73 Å². The molecular weight excluding hydrogens is 404 g/mol. The zero-order valence-corrected chi connectivity index (χ0v) is 21.2. The van der Waals surface area contributed by atoms with Crippen LogP contribution >= 0.6 is 0 Å². The Morgan fingerprint density at radius 3 is 1.66 bits per heavy atom. The van der Waals surface area contributed by atoms with E-state index in [1.807, 2.05) is 0 Å². The lowest BCUT2D eigenvalue weighted by Crippen LogP contribution is -2.34. The van der Waals surface area contributed by atoms with Gasteiger partial charge in [0.2, 0.25) is 0 Å². The second-order valence-electron chi connectivity index (χ2n) is 9.19. The summed E-state index contributed by atoms with van der Waals surface area (Å²) in [6, 6.07) is 1.37. The molecule has 0 amide bonds. The molecule has 0 spiro atoms. The Morgan fingerprint density at radius 1 is 0.906 bits per heavy atom. The SMILES string of the molecule is CC(C)[C@H](N)C(=O)O.CCCCCCCCCCCCCCCCOCC(CO)CC#N. The van der Waals surface area contributed by atoms with Crippen molar-refractivity contribution in [2.75, 3.05) is 19.8 Å². The summed E-state index contributed by atoms with van der Waals surface area (Å²) in [7, 11) is 0. The lowest BCUT2D eigenvalue weighted by Gasteiger charge is -2.10. The fourth-order valence-electron chi connectivity index (χ4n) is 3.24. The number of aliphatic hydroxyl groups is 1. The summed E-state index contributed by atoms with van der Waals surface area (Å²) >= 11 is 0. The van der Waals surface area contributed by atoms with Crippen LogP contribution in [0.25, 0.3) is 0 Å². The minimum absolute atomic E-state index is 0.0124. The van der Waals surface area contributed by atoms with Gasteiger partial charge in [0, 0.05) is 25.6 Å². The van der Waals surface area contributed by atoms with Gasteiger partial charge in [-0.25, -0.2) is 0 Å². The number of nitriles is 1. The molecule has 6 heteroatoms. The smallest absolute Gasteiger partial charge is 0.320 e. The maximum Gasteiger partial charge on any atom is 0.320 e. The van der Waals surface area contributed by atoms with Gasteiger partial charge in [0.25, 0.3) is 0 Å². The number of carboxylic acids is 1. The van der Waals surface area contributed by atoms with Gasteiger partial charge in [-0.3, -0.25) is 4.79 Å².